The van der Waals surface area contributed by atoms with E-state index in [1.54, 1.807) is 18.2 Å². The normalized spacial score (nSPS) is 12.0. The molecule has 0 aliphatic rings. The first-order chi connectivity index (χ1) is 10.1. The van der Waals surface area contributed by atoms with Gasteiger partial charge in [-0.25, -0.2) is 0 Å². The maximum absolute atomic E-state index is 12.3. The molecule has 3 nitrogen and oxygen atoms in total. The Labute approximate surface area is 142 Å². The van der Waals surface area contributed by atoms with E-state index < -0.39 is 0 Å². The first-order valence-electron chi connectivity index (χ1n) is 6.51. The zero-order valence-corrected chi connectivity index (χ0v) is 14.1. The van der Waals surface area contributed by atoms with Crippen molar-refractivity contribution in [2.24, 2.45) is 0 Å². The van der Waals surface area contributed by atoms with Crippen LogP contribution in [0.3, 0.4) is 0 Å². The van der Waals surface area contributed by atoms with Crippen LogP contribution < -0.4 is 5.32 Å². The number of aliphatic hydroxyl groups excluding tert-OH is 1. The number of rotatable bonds is 5. The van der Waals surface area contributed by atoms with Crippen LogP contribution in [0.25, 0.3) is 0 Å². The topological polar surface area (TPSA) is 49.3 Å². The molecule has 0 spiro atoms. The average Bonchev–Trinajstić information content (AvgIpc) is 2.50. The Balaban J connectivity index is 2.07. The highest BCUT2D eigenvalue weighted by Gasteiger charge is 2.16. The van der Waals surface area contributed by atoms with Crippen LogP contribution in [0.2, 0.25) is 5.02 Å². The van der Waals surface area contributed by atoms with Crippen molar-refractivity contribution in [3.05, 3.63) is 68.3 Å². The van der Waals surface area contributed by atoms with Gasteiger partial charge in [-0.15, -0.1) is 0 Å². The van der Waals surface area contributed by atoms with Crippen molar-refractivity contribution in [2.45, 2.75) is 12.5 Å². The molecule has 1 amide bonds. The molecule has 21 heavy (non-hydrogen) atoms. The van der Waals surface area contributed by atoms with E-state index in [-0.39, 0.29) is 18.6 Å². The zero-order chi connectivity index (χ0) is 15.2. The average molecular weight is 416 g/mol. The summed E-state index contributed by atoms with van der Waals surface area (Å²) in [6.07, 6.45) is 0.584. The number of nitrogens with one attached hydrogen (secondary N) is 1. The predicted molar refractivity (Wildman–Crippen MR) is 92.7 cm³/mol. The summed E-state index contributed by atoms with van der Waals surface area (Å²) in [5, 5.41) is 12.8. The highest BCUT2D eigenvalue weighted by Crippen LogP contribution is 2.18. The Hall–Kier alpha value is -1.11. The van der Waals surface area contributed by atoms with E-state index in [4.69, 9.17) is 11.6 Å². The van der Waals surface area contributed by atoms with E-state index in [1.807, 2.05) is 30.3 Å². The molecule has 5 heteroatoms. The van der Waals surface area contributed by atoms with Gasteiger partial charge in [-0.1, -0.05) is 41.9 Å². The largest absolute Gasteiger partial charge is 0.394 e. The summed E-state index contributed by atoms with van der Waals surface area (Å²) in [5.41, 5.74) is 1.59. The maximum Gasteiger partial charge on any atom is 0.252 e. The third-order valence-corrected chi connectivity index (χ3v) is 4.23. The van der Waals surface area contributed by atoms with Crippen molar-refractivity contribution in [1.29, 1.82) is 0 Å². The van der Waals surface area contributed by atoms with Gasteiger partial charge in [0, 0.05) is 8.59 Å². The van der Waals surface area contributed by atoms with Gasteiger partial charge in [0.15, 0.2) is 0 Å². The smallest absolute Gasteiger partial charge is 0.252 e. The number of carbonyl (C=O) groups is 1. The van der Waals surface area contributed by atoms with Crippen LogP contribution in [0.15, 0.2) is 48.5 Å². The van der Waals surface area contributed by atoms with E-state index >= 15 is 0 Å². The van der Waals surface area contributed by atoms with Crippen LogP contribution in [-0.2, 0) is 6.42 Å². The Bertz CT molecular complexity index is 619. The van der Waals surface area contributed by atoms with Crippen LogP contribution in [0, 0.1) is 3.57 Å². The predicted octanol–water partition coefficient (Wildman–Crippen LogP) is 3.28. The minimum atomic E-state index is -0.324. The lowest BCUT2D eigenvalue weighted by Gasteiger charge is -2.17. The molecule has 0 aromatic heterocycles. The summed E-state index contributed by atoms with van der Waals surface area (Å²) in [6, 6.07) is 14.6. The second kappa shape index (κ2) is 7.77. The van der Waals surface area contributed by atoms with Gasteiger partial charge < -0.3 is 10.4 Å². The molecule has 0 saturated heterocycles. The van der Waals surface area contributed by atoms with Crippen LogP contribution in [0.5, 0.6) is 0 Å². The summed E-state index contributed by atoms with van der Waals surface area (Å²) >= 11 is 8.02. The molecule has 2 aromatic carbocycles. The SMILES string of the molecule is O=C(NC(CO)Cc1ccccc1)c1cc(Cl)ccc1I. The molecule has 0 aliphatic carbocycles. The minimum Gasteiger partial charge on any atom is -0.394 e. The fourth-order valence-corrected chi connectivity index (χ4v) is 2.75. The summed E-state index contributed by atoms with van der Waals surface area (Å²) in [5.74, 6) is -0.225. The summed E-state index contributed by atoms with van der Waals surface area (Å²) in [7, 11) is 0. The number of hydrogen-bond donors (Lipinski definition) is 2. The first-order valence-corrected chi connectivity index (χ1v) is 7.96. The minimum absolute atomic E-state index is 0.113. The molecule has 0 bridgehead atoms. The standard InChI is InChI=1S/C16H15ClINO2/c17-12-6-7-15(18)14(9-12)16(21)19-13(10-20)8-11-4-2-1-3-5-11/h1-7,9,13,20H,8,10H2,(H,19,21). The summed E-state index contributed by atoms with van der Waals surface area (Å²) < 4.78 is 0.825. The number of carbonyl (C=O) groups excluding carboxylic acids is 1. The molecule has 2 rings (SSSR count). The number of benzene rings is 2. The molecule has 2 aromatic rings. The van der Waals surface area contributed by atoms with Gasteiger partial charge in [0.25, 0.3) is 5.91 Å². The van der Waals surface area contributed by atoms with E-state index in [9.17, 15) is 9.90 Å². The zero-order valence-electron chi connectivity index (χ0n) is 11.2. The Morgan fingerprint density at radius 3 is 2.62 bits per heavy atom. The molecular weight excluding hydrogens is 401 g/mol. The fraction of sp³-hybridized carbons (Fsp3) is 0.188. The maximum atomic E-state index is 12.3. The van der Waals surface area contributed by atoms with Gasteiger partial charge in [-0.3, -0.25) is 4.79 Å². The van der Waals surface area contributed by atoms with Gasteiger partial charge in [-0.2, -0.15) is 0 Å². The monoisotopic (exact) mass is 415 g/mol. The second-order valence-electron chi connectivity index (χ2n) is 4.67. The second-order valence-corrected chi connectivity index (χ2v) is 6.27. The lowest BCUT2D eigenvalue weighted by atomic mass is 10.1. The van der Waals surface area contributed by atoms with Crippen molar-refractivity contribution in [2.75, 3.05) is 6.61 Å². The fourth-order valence-electron chi connectivity index (χ4n) is 1.99. The lowest BCUT2D eigenvalue weighted by Crippen LogP contribution is -2.39. The van der Waals surface area contributed by atoms with Crippen molar-refractivity contribution >= 4 is 40.1 Å². The van der Waals surface area contributed by atoms with Crippen molar-refractivity contribution in [3.8, 4) is 0 Å². The number of aliphatic hydroxyl groups is 1. The Kier molecular flexibility index (Phi) is 6.02. The molecular formula is C16H15ClINO2. The van der Waals surface area contributed by atoms with Crippen LogP contribution >= 0.6 is 34.2 Å². The van der Waals surface area contributed by atoms with Crippen molar-refractivity contribution < 1.29 is 9.90 Å². The third kappa shape index (κ3) is 4.69. The van der Waals surface area contributed by atoms with E-state index in [1.165, 1.54) is 0 Å². The summed E-state index contributed by atoms with van der Waals surface area (Å²) in [6.45, 7) is -0.113. The number of halogens is 2. The molecule has 0 fully saturated rings. The van der Waals surface area contributed by atoms with Crippen LogP contribution in [0.4, 0.5) is 0 Å². The molecule has 0 heterocycles. The highest BCUT2D eigenvalue weighted by molar-refractivity contribution is 14.1. The number of amides is 1. The van der Waals surface area contributed by atoms with E-state index in [0.29, 0.717) is 17.0 Å². The molecule has 110 valence electrons. The van der Waals surface area contributed by atoms with Crippen molar-refractivity contribution in [3.63, 3.8) is 0 Å². The van der Waals surface area contributed by atoms with Gasteiger partial charge in [0.2, 0.25) is 0 Å². The van der Waals surface area contributed by atoms with Crippen LogP contribution in [0.1, 0.15) is 15.9 Å². The molecule has 2 N–H and O–H groups in total. The molecule has 0 saturated carbocycles. The summed E-state index contributed by atoms with van der Waals surface area (Å²) in [4.78, 5) is 12.3. The van der Waals surface area contributed by atoms with E-state index in [2.05, 4.69) is 27.9 Å². The lowest BCUT2D eigenvalue weighted by molar-refractivity contribution is 0.0915. The Morgan fingerprint density at radius 2 is 1.95 bits per heavy atom. The van der Waals surface area contributed by atoms with Crippen molar-refractivity contribution in [1.82, 2.24) is 5.32 Å². The van der Waals surface area contributed by atoms with Gasteiger partial charge in [0.1, 0.15) is 0 Å². The Morgan fingerprint density at radius 1 is 1.24 bits per heavy atom. The molecule has 0 radical (unpaired) electrons. The van der Waals surface area contributed by atoms with E-state index in [0.717, 1.165) is 9.13 Å². The molecule has 0 aliphatic heterocycles. The molecule has 1 atom stereocenters. The van der Waals surface area contributed by atoms with Crippen LogP contribution in [-0.4, -0.2) is 23.7 Å². The van der Waals surface area contributed by atoms with Gasteiger partial charge >= 0.3 is 0 Å². The first kappa shape index (κ1) is 16.3. The van der Waals surface area contributed by atoms with Gasteiger partial charge in [0.05, 0.1) is 18.2 Å². The highest BCUT2D eigenvalue weighted by atomic mass is 127. The third-order valence-electron chi connectivity index (χ3n) is 3.05. The number of hydrogen-bond acceptors (Lipinski definition) is 2. The van der Waals surface area contributed by atoms with Gasteiger partial charge in [-0.05, 0) is 52.8 Å². The molecule has 1 unspecified atom stereocenters. The quantitative estimate of drug-likeness (QED) is 0.737.